The molecule has 0 saturated heterocycles. The number of rotatable bonds is 5. The number of hydrogen-bond acceptors (Lipinski definition) is 3. The van der Waals surface area contributed by atoms with Gasteiger partial charge < -0.3 is 15.4 Å². The van der Waals surface area contributed by atoms with Crippen molar-refractivity contribution in [2.45, 2.75) is 31.7 Å². The number of amides is 1. The van der Waals surface area contributed by atoms with Gasteiger partial charge in [0.05, 0.1) is 7.11 Å². The highest BCUT2D eigenvalue weighted by Crippen LogP contribution is 2.31. The summed E-state index contributed by atoms with van der Waals surface area (Å²) in [5.41, 5.74) is 2.71. The zero-order valence-electron chi connectivity index (χ0n) is 12.4. The molecule has 1 fully saturated rings. The maximum Gasteiger partial charge on any atom is 0.223 e. The number of nitrogens with one attached hydrogen (secondary N) is 2. The van der Waals surface area contributed by atoms with E-state index in [1.54, 1.807) is 7.11 Å². The average molecular weight is 311 g/mol. The molecule has 21 heavy (non-hydrogen) atoms. The van der Waals surface area contributed by atoms with Gasteiger partial charge in [0, 0.05) is 25.6 Å². The fourth-order valence-corrected chi connectivity index (χ4v) is 2.85. The minimum absolute atomic E-state index is 0. The second-order valence-corrected chi connectivity index (χ2v) is 5.75. The molecule has 1 heterocycles. The molecule has 1 aromatic rings. The van der Waals surface area contributed by atoms with Crippen molar-refractivity contribution in [3.05, 3.63) is 29.3 Å². The predicted octanol–water partition coefficient (Wildman–Crippen LogP) is 2.22. The molecule has 1 aromatic carbocycles. The highest BCUT2D eigenvalue weighted by atomic mass is 35.5. The Balaban J connectivity index is 0.00000161. The van der Waals surface area contributed by atoms with E-state index in [1.807, 2.05) is 6.07 Å². The third-order valence-electron chi connectivity index (χ3n) is 4.24. The normalized spacial score (nSPS) is 20.1. The van der Waals surface area contributed by atoms with Gasteiger partial charge in [-0.05, 0) is 48.4 Å². The van der Waals surface area contributed by atoms with Gasteiger partial charge in [-0.25, -0.2) is 0 Å². The van der Waals surface area contributed by atoms with Crippen LogP contribution >= 0.6 is 12.4 Å². The zero-order valence-corrected chi connectivity index (χ0v) is 13.2. The van der Waals surface area contributed by atoms with E-state index in [0.29, 0.717) is 11.8 Å². The standard InChI is InChI=1S/C16H22N2O2.ClH/c1-20-14-5-4-12-9-17-10-13(15(12)8-14)6-7-18-16(19)11-2-3-11;/h4-5,8,11,13,17H,2-3,6-7,9-10H2,1H3,(H,18,19);1H. The molecule has 0 radical (unpaired) electrons. The van der Waals surface area contributed by atoms with E-state index in [-0.39, 0.29) is 18.3 Å². The Morgan fingerprint density at radius 2 is 2.24 bits per heavy atom. The molecule has 2 N–H and O–H groups in total. The first kappa shape index (κ1) is 16.1. The van der Waals surface area contributed by atoms with E-state index in [1.165, 1.54) is 11.1 Å². The van der Waals surface area contributed by atoms with Crippen molar-refractivity contribution in [3.63, 3.8) is 0 Å². The van der Waals surface area contributed by atoms with Crippen LogP contribution in [0.2, 0.25) is 0 Å². The molecular formula is C16H23ClN2O2. The van der Waals surface area contributed by atoms with Gasteiger partial charge in [0.15, 0.2) is 0 Å². The lowest BCUT2D eigenvalue weighted by atomic mass is 9.88. The Labute approximate surface area is 132 Å². The van der Waals surface area contributed by atoms with Crippen molar-refractivity contribution in [3.8, 4) is 5.75 Å². The molecule has 1 atom stereocenters. The van der Waals surface area contributed by atoms with Gasteiger partial charge >= 0.3 is 0 Å². The van der Waals surface area contributed by atoms with Crippen LogP contribution in [0.1, 0.15) is 36.3 Å². The van der Waals surface area contributed by atoms with Crippen molar-refractivity contribution < 1.29 is 9.53 Å². The van der Waals surface area contributed by atoms with Crippen molar-refractivity contribution >= 4 is 18.3 Å². The van der Waals surface area contributed by atoms with E-state index in [9.17, 15) is 4.79 Å². The first-order chi connectivity index (χ1) is 9.78. The number of carbonyl (C=O) groups is 1. The minimum atomic E-state index is 0. The number of carbonyl (C=O) groups excluding carboxylic acids is 1. The van der Waals surface area contributed by atoms with Gasteiger partial charge in [0.1, 0.15) is 5.75 Å². The van der Waals surface area contributed by atoms with Crippen LogP contribution in [0.3, 0.4) is 0 Å². The van der Waals surface area contributed by atoms with Gasteiger partial charge in [-0.2, -0.15) is 0 Å². The van der Waals surface area contributed by atoms with Crippen LogP contribution in [0.4, 0.5) is 0 Å². The van der Waals surface area contributed by atoms with Gasteiger partial charge in [-0.3, -0.25) is 4.79 Å². The summed E-state index contributed by atoms with van der Waals surface area (Å²) in [5.74, 6) is 1.90. The molecule has 1 amide bonds. The number of halogens is 1. The van der Waals surface area contributed by atoms with E-state index in [2.05, 4.69) is 22.8 Å². The second-order valence-electron chi connectivity index (χ2n) is 5.75. The highest BCUT2D eigenvalue weighted by Gasteiger charge is 2.29. The highest BCUT2D eigenvalue weighted by molar-refractivity contribution is 5.85. The topological polar surface area (TPSA) is 50.4 Å². The maximum atomic E-state index is 11.6. The Morgan fingerprint density at radius 3 is 2.95 bits per heavy atom. The van der Waals surface area contributed by atoms with Gasteiger partial charge in [0.2, 0.25) is 5.91 Å². The van der Waals surface area contributed by atoms with Gasteiger partial charge in [-0.1, -0.05) is 6.07 Å². The van der Waals surface area contributed by atoms with Crippen LogP contribution in [-0.4, -0.2) is 26.1 Å². The Hall–Kier alpha value is -1.26. The fourth-order valence-electron chi connectivity index (χ4n) is 2.85. The fraction of sp³-hybridized carbons (Fsp3) is 0.562. The van der Waals surface area contributed by atoms with Crippen molar-refractivity contribution in [2.75, 3.05) is 20.2 Å². The molecule has 0 aromatic heterocycles. The predicted molar refractivity (Wildman–Crippen MR) is 85.0 cm³/mol. The van der Waals surface area contributed by atoms with E-state index in [0.717, 1.165) is 44.6 Å². The van der Waals surface area contributed by atoms with Gasteiger partial charge in [0.25, 0.3) is 0 Å². The SMILES string of the molecule is COc1ccc2c(c1)C(CCNC(=O)C1CC1)CNC2.Cl. The molecule has 1 saturated carbocycles. The Bertz CT molecular complexity index is 503. The summed E-state index contributed by atoms with van der Waals surface area (Å²) in [6, 6.07) is 6.29. The molecule has 2 aliphatic rings. The summed E-state index contributed by atoms with van der Waals surface area (Å²) in [6.07, 6.45) is 3.11. The molecule has 3 rings (SSSR count). The third-order valence-corrected chi connectivity index (χ3v) is 4.24. The first-order valence-corrected chi connectivity index (χ1v) is 7.43. The maximum absolute atomic E-state index is 11.6. The molecule has 1 aliphatic heterocycles. The number of ether oxygens (including phenoxy) is 1. The Kier molecular flexibility index (Phi) is 5.48. The summed E-state index contributed by atoms with van der Waals surface area (Å²) < 4.78 is 5.32. The largest absolute Gasteiger partial charge is 0.497 e. The minimum Gasteiger partial charge on any atom is -0.497 e. The van der Waals surface area contributed by atoms with E-state index < -0.39 is 0 Å². The average Bonchev–Trinajstić information content (AvgIpc) is 3.31. The van der Waals surface area contributed by atoms with Crippen LogP contribution in [0.5, 0.6) is 5.75 Å². The first-order valence-electron chi connectivity index (χ1n) is 7.43. The quantitative estimate of drug-likeness (QED) is 0.877. The lowest BCUT2D eigenvalue weighted by molar-refractivity contribution is -0.122. The molecular weight excluding hydrogens is 288 g/mol. The number of hydrogen-bond donors (Lipinski definition) is 2. The lowest BCUT2D eigenvalue weighted by Gasteiger charge is -2.27. The van der Waals surface area contributed by atoms with Crippen LogP contribution < -0.4 is 15.4 Å². The lowest BCUT2D eigenvalue weighted by Crippen LogP contribution is -2.32. The second kappa shape index (κ2) is 7.14. The number of benzene rings is 1. The molecule has 0 spiro atoms. The molecule has 1 unspecified atom stereocenters. The monoisotopic (exact) mass is 310 g/mol. The van der Waals surface area contributed by atoms with Crippen molar-refractivity contribution in [1.82, 2.24) is 10.6 Å². The molecule has 116 valence electrons. The van der Waals surface area contributed by atoms with Crippen LogP contribution in [0.25, 0.3) is 0 Å². The Morgan fingerprint density at radius 1 is 1.43 bits per heavy atom. The zero-order chi connectivity index (χ0) is 13.9. The summed E-state index contributed by atoms with van der Waals surface area (Å²) in [7, 11) is 1.70. The van der Waals surface area contributed by atoms with Crippen LogP contribution in [-0.2, 0) is 11.3 Å². The third kappa shape index (κ3) is 3.89. The summed E-state index contributed by atoms with van der Waals surface area (Å²) in [5, 5.41) is 6.50. The summed E-state index contributed by atoms with van der Waals surface area (Å²) in [6.45, 7) is 2.65. The number of fused-ring (bicyclic) bond motifs is 1. The summed E-state index contributed by atoms with van der Waals surface area (Å²) >= 11 is 0. The van der Waals surface area contributed by atoms with E-state index in [4.69, 9.17) is 4.74 Å². The van der Waals surface area contributed by atoms with Crippen molar-refractivity contribution in [1.29, 1.82) is 0 Å². The summed E-state index contributed by atoms with van der Waals surface area (Å²) in [4.78, 5) is 11.6. The van der Waals surface area contributed by atoms with Crippen LogP contribution in [0.15, 0.2) is 18.2 Å². The van der Waals surface area contributed by atoms with Crippen molar-refractivity contribution in [2.24, 2.45) is 5.92 Å². The van der Waals surface area contributed by atoms with Gasteiger partial charge in [-0.15, -0.1) is 12.4 Å². The molecule has 4 nitrogen and oxygen atoms in total. The van der Waals surface area contributed by atoms with Crippen LogP contribution in [0, 0.1) is 5.92 Å². The smallest absolute Gasteiger partial charge is 0.223 e. The molecule has 0 bridgehead atoms. The molecule has 1 aliphatic carbocycles. The number of methoxy groups -OCH3 is 1. The molecule has 5 heteroatoms. The van der Waals surface area contributed by atoms with E-state index >= 15 is 0 Å².